The van der Waals surface area contributed by atoms with Gasteiger partial charge >= 0.3 is 0 Å². The van der Waals surface area contributed by atoms with Crippen molar-refractivity contribution in [3.05, 3.63) is 53.6 Å². The lowest BCUT2D eigenvalue weighted by atomic mass is 9.98. The Morgan fingerprint density at radius 1 is 1.17 bits per heavy atom. The molecule has 30 heavy (non-hydrogen) atoms. The molecule has 0 radical (unpaired) electrons. The van der Waals surface area contributed by atoms with Gasteiger partial charge in [-0.3, -0.25) is 9.59 Å². The van der Waals surface area contributed by atoms with Gasteiger partial charge in [0.1, 0.15) is 10.6 Å². The number of methoxy groups -OCH3 is 1. The molecular formula is C22H26N2O5S. The number of hydrogen-bond acceptors (Lipinski definition) is 5. The molecule has 1 N–H and O–H groups in total. The first kappa shape index (κ1) is 22.0. The summed E-state index contributed by atoms with van der Waals surface area (Å²) in [4.78, 5) is 24.5. The molecule has 0 aliphatic carbocycles. The first-order valence-electron chi connectivity index (χ1n) is 9.79. The number of hydrogen-bond donors (Lipinski definition) is 1. The van der Waals surface area contributed by atoms with Crippen molar-refractivity contribution < 1.29 is 22.7 Å². The first-order chi connectivity index (χ1) is 14.2. The minimum absolute atomic E-state index is 0.0897. The maximum atomic E-state index is 13.2. The fraction of sp³-hybridized carbons (Fsp3) is 0.364. The zero-order valence-electron chi connectivity index (χ0n) is 17.3. The first-order valence-corrected chi connectivity index (χ1v) is 11.2. The second kappa shape index (κ2) is 8.97. The normalized spacial score (nSPS) is 17.4. The number of Topliss-reactive ketones (excluding diaryl/α,β-unsaturated/α-hetero) is 1. The maximum Gasteiger partial charge on any atom is 0.246 e. The van der Waals surface area contributed by atoms with Gasteiger partial charge in [-0.25, -0.2) is 8.42 Å². The highest BCUT2D eigenvalue weighted by Gasteiger charge is 2.35. The average molecular weight is 431 g/mol. The van der Waals surface area contributed by atoms with Crippen LogP contribution in [0.1, 0.15) is 35.7 Å². The Morgan fingerprint density at radius 2 is 1.93 bits per heavy atom. The van der Waals surface area contributed by atoms with Crippen molar-refractivity contribution in [3.8, 4) is 5.75 Å². The molecule has 0 bridgehead atoms. The van der Waals surface area contributed by atoms with E-state index in [2.05, 4.69) is 5.32 Å². The van der Waals surface area contributed by atoms with Crippen molar-refractivity contribution >= 4 is 27.4 Å². The summed E-state index contributed by atoms with van der Waals surface area (Å²) < 4.78 is 33.1. The Bertz CT molecular complexity index is 1060. The Labute approximate surface area is 177 Å². The topological polar surface area (TPSA) is 92.8 Å². The number of nitrogens with zero attached hydrogens (tertiary/aromatic N) is 1. The number of amides is 1. The van der Waals surface area contributed by atoms with Crippen LogP contribution in [-0.4, -0.2) is 44.6 Å². The number of sulfonamides is 1. The van der Waals surface area contributed by atoms with Crippen LogP contribution >= 0.6 is 0 Å². The lowest BCUT2D eigenvalue weighted by Gasteiger charge is -2.31. The third kappa shape index (κ3) is 4.71. The van der Waals surface area contributed by atoms with Crippen LogP contribution in [0.4, 0.5) is 5.69 Å². The highest BCUT2D eigenvalue weighted by atomic mass is 32.2. The van der Waals surface area contributed by atoms with Crippen molar-refractivity contribution in [1.29, 1.82) is 0 Å². The van der Waals surface area contributed by atoms with Crippen molar-refractivity contribution in [3.63, 3.8) is 0 Å². The van der Waals surface area contributed by atoms with E-state index in [1.54, 1.807) is 42.5 Å². The monoisotopic (exact) mass is 430 g/mol. The van der Waals surface area contributed by atoms with Crippen LogP contribution in [0.25, 0.3) is 0 Å². The summed E-state index contributed by atoms with van der Waals surface area (Å²) >= 11 is 0. The molecule has 0 saturated carbocycles. The number of rotatable bonds is 6. The molecule has 1 unspecified atom stereocenters. The van der Waals surface area contributed by atoms with E-state index in [9.17, 15) is 18.0 Å². The quantitative estimate of drug-likeness (QED) is 0.710. The number of aryl methyl sites for hydroxylation is 1. The molecule has 1 saturated heterocycles. The molecule has 160 valence electrons. The van der Waals surface area contributed by atoms with Crippen LogP contribution in [0.2, 0.25) is 0 Å². The van der Waals surface area contributed by atoms with Gasteiger partial charge in [-0.15, -0.1) is 0 Å². The number of piperidine rings is 1. The molecule has 1 atom stereocenters. The van der Waals surface area contributed by atoms with E-state index in [0.717, 1.165) is 5.56 Å². The van der Waals surface area contributed by atoms with Gasteiger partial charge in [0.25, 0.3) is 0 Å². The Morgan fingerprint density at radius 3 is 2.63 bits per heavy atom. The van der Waals surface area contributed by atoms with Gasteiger partial charge in [0.15, 0.2) is 5.78 Å². The van der Waals surface area contributed by atoms with E-state index < -0.39 is 15.9 Å². The minimum Gasteiger partial charge on any atom is -0.495 e. The smallest absolute Gasteiger partial charge is 0.246 e. The van der Waals surface area contributed by atoms with Crippen LogP contribution in [-0.2, 0) is 14.8 Å². The predicted molar refractivity (Wildman–Crippen MR) is 114 cm³/mol. The van der Waals surface area contributed by atoms with Crippen LogP contribution in [0.15, 0.2) is 47.4 Å². The largest absolute Gasteiger partial charge is 0.495 e. The molecule has 2 aromatic carbocycles. The van der Waals surface area contributed by atoms with Gasteiger partial charge in [-0.2, -0.15) is 4.31 Å². The highest BCUT2D eigenvalue weighted by Crippen LogP contribution is 2.31. The van der Waals surface area contributed by atoms with Gasteiger partial charge in [0.2, 0.25) is 15.9 Å². The summed E-state index contributed by atoms with van der Waals surface area (Å²) in [6.07, 6.45) is 1.17. The number of ether oxygens (including phenoxy) is 1. The number of carbonyl (C=O) groups excluding carboxylic acids is 2. The van der Waals surface area contributed by atoms with Gasteiger partial charge in [0.05, 0.1) is 13.0 Å². The summed E-state index contributed by atoms with van der Waals surface area (Å²) in [5.41, 5.74) is 1.84. The molecule has 1 aliphatic rings. The van der Waals surface area contributed by atoms with Crippen LogP contribution < -0.4 is 10.1 Å². The Hall–Kier alpha value is -2.71. The SMILES string of the molecule is COc1ccc(C)cc1S(=O)(=O)N1CCCC(C(=O)Nc2cccc(C(C)=O)c2)C1. The second-order valence-electron chi connectivity index (χ2n) is 7.48. The molecule has 1 heterocycles. The number of carbonyl (C=O) groups is 2. The zero-order valence-corrected chi connectivity index (χ0v) is 18.2. The standard InChI is InChI=1S/C22H26N2O5S/c1-15-9-10-20(29-3)21(12-15)30(27,28)24-11-5-7-18(14-24)22(26)23-19-8-4-6-17(13-19)16(2)25/h4,6,8-10,12-13,18H,5,7,11,14H2,1-3H3,(H,23,26). The van der Waals surface area contributed by atoms with Gasteiger partial charge in [0, 0.05) is 24.3 Å². The maximum absolute atomic E-state index is 13.2. The van der Waals surface area contributed by atoms with Crippen LogP contribution in [0.5, 0.6) is 5.75 Å². The van der Waals surface area contributed by atoms with Gasteiger partial charge < -0.3 is 10.1 Å². The predicted octanol–water partition coefficient (Wildman–Crippen LogP) is 3.25. The second-order valence-corrected chi connectivity index (χ2v) is 9.39. The Balaban J connectivity index is 1.78. The summed E-state index contributed by atoms with van der Waals surface area (Å²) in [5, 5.41) is 2.81. The molecule has 8 heteroatoms. The lowest BCUT2D eigenvalue weighted by Crippen LogP contribution is -2.43. The Kier molecular flexibility index (Phi) is 6.58. The summed E-state index contributed by atoms with van der Waals surface area (Å²) in [6, 6.07) is 11.7. The third-order valence-corrected chi connectivity index (χ3v) is 7.11. The molecule has 3 rings (SSSR count). The summed E-state index contributed by atoms with van der Waals surface area (Å²) in [6.45, 7) is 3.73. The van der Waals surface area contributed by atoms with Crippen LogP contribution in [0.3, 0.4) is 0 Å². The molecular weight excluding hydrogens is 404 g/mol. The molecule has 1 fully saturated rings. The minimum atomic E-state index is -3.80. The molecule has 1 amide bonds. The molecule has 0 aromatic heterocycles. The number of anilines is 1. The van der Waals surface area contributed by atoms with Gasteiger partial charge in [-0.05, 0) is 56.5 Å². The van der Waals surface area contributed by atoms with E-state index in [0.29, 0.717) is 30.6 Å². The summed E-state index contributed by atoms with van der Waals surface area (Å²) in [5.74, 6) is -0.543. The van der Waals surface area contributed by atoms with E-state index >= 15 is 0 Å². The molecule has 0 spiro atoms. The van der Waals surface area contributed by atoms with Crippen molar-refractivity contribution in [2.45, 2.75) is 31.6 Å². The number of nitrogens with one attached hydrogen (secondary N) is 1. The summed E-state index contributed by atoms with van der Waals surface area (Å²) in [7, 11) is -2.37. The molecule has 1 aliphatic heterocycles. The fourth-order valence-corrected chi connectivity index (χ4v) is 5.32. The average Bonchev–Trinajstić information content (AvgIpc) is 2.74. The van der Waals surface area contributed by atoms with Crippen LogP contribution in [0, 0.1) is 12.8 Å². The van der Waals surface area contributed by atoms with E-state index in [4.69, 9.17) is 4.74 Å². The number of ketones is 1. The van der Waals surface area contributed by atoms with Crippen molar-refractivity contribution in [2.24, 2.45) is 5.92 Å². The number of benzene rings is 2. The lowest BCUT2D eigenvalue weighted by molar-refractivity contribution is -0.120. The third-order valence-electron chi connectivity index (χ3n) is 5.23. The van der Waals surface area contributed by atoms with Crippen molar-refractivity contribution in [1.82, 2.24) is 4.31 Å². The zero-order chi connectivity index (χ0) is 21.9. The molecule has 7 nitrogen and oxygen atoms in total. The fourth-order valence-electron chi connectivity index (χ4n) is 3.56. The highest BCUT2D eigenvalue weighted by molar-refractivity contribution is 7.89. The van der Waals surface area contributed by atoms with E-state index in [1.807, 2.05) is 6.92 Å². The molecule has 2 aromatic rings. The van der Waals surface area contributed by atoms with E-state index in [-0.39, 0.29) is 28.9 Å². The van der Waals surface area contributed by atoms with Gasteiger partial charge in [-0.1, -0.05) is 18.2 Å². The van der Waals surface area contributed by atoms with Crippen molar-refractivity contribution in [2.75, 3.05) is 25.5 Å². The van der Waals surface area contributed by atoms with E-state index in [1.165, 1.54) is 18.3 Å².